The first-order valence-electron chi connectivity index (χ1n) is 6.70. The molecule has 0 aliphatic carbocycles. The number of nitrogens with zero attached hydrogens (tertiary/aromatic N) is 3. The fourth-order valence-corrected chi connectivity index (χ4v) is 4.63. The van der Waals surface area contributed by atoms with Gasteiger partial charge in [0.1, 0.15) is 0 Å². The zero-order valence-electron chi connectivity index (χ0n) is 10.9. The monoisotopic (exact) mass is 305 g/mol. The number of hydrogen-bond acceptors (Lipinski definition) is 6. The van der Waals surface area contributed by atoms with E-state index in [1.807, 2.05) is 0 Å². The second-order valence-corrected chi connectivity index (χ2v) is 7.12. The van der Waals surface area contributed by atoms with Gasteiger partial charge in [0.25, 0.3) is 0 Å². The number of anilines is 1. The number of thiophene rings is 2. The average Bonchev–Trinajstić information content (AvgIpc) is 3.13. The molecule has 4 heterocycles. The van der Waals surface area contributed by atoms with Crippen molar-refractivity contribution in [3.63, 3.8) is 0 Å². The molecule has 3 aromatic rings. The van der Waals surface area contributed by atoms with Crippen LogP contribution in [0.1, 0.15) is 12.8 Å². The molecule has 0 saturated carbocycles. The molecule has 3 N–H and O–H groups in total. The number of rotatable bonds is 2. The summed E-state index contributed by atoms with van der Waals surface area (Å²) in [5.41, 5.74) is 6.01. The van der Waals surface area contributed by atoms with Gasteiger partial charge in [0.15, 0.2) is 5.82 Å². The molecular weight excluding hydrogens is 290 g/mol. The molecule has 4 rings (SSSR count). The van der Waals surface area contributed by atoms with E-state index in [1.54, 1.807) is 22.7 Å². The topological polar surface area (TPSA) is 70.8 Å². The molecule has 1 atom stereocenters. The second-order valence-electron chi connectivity index (χ2n) is 5.09. The number of fused-ring (bicyclic) bond motifs is 1. The van der Waals surface area contributed by atoms with E-state index >= 15 is 0 Å². The van der Waals surface area contributed by atoms with Gasteiger partial charge in [-0.05, 0) is 30.4 Å². The highest BCUT2D eigenvalue weighted by molar-refractivity contribution is 7.28. The molecule has 1 saturated heterocycles. The third kappa shape index (κ3) is 2.11. The number of hydrogen-bond donors (Lipinski definition) is 2. The van der Waals surface area contributed by atoms with E-state index in [9.17, 15) is 0 Å². The molecule has 0 bridgehead atoms. The van der Waals surface area contributed by atoms with Crippen LogP contribution in [0.3, 0.4) is 0 Å². The predicted molar refractivity (Wildman–Crippen MR) is 84.5 cm³/mol. The van der Waals surface area contributed by atoms with Crippen LogP contribution < -0.4 is 10.6 Å². The number of nitrogens with one attached hydrogen (secondary N) is 1. The van der Waals surface area contributed by atoms with Crippen LogP contribution in [-0.4, -0.2) is 34.3 Å². The minimum Gasteiger partial charge on any atom is -0.338 e. The lowest BCUT2D eigenvalue weighted by Gasteiger charge is -2.29. The Balaban J connectivity index is 1.62. The Labute approximate surface area is 124 Å². The fourth-order valence-electron chi connectivity index (χ4n) is 2.58. The van der Waals surface area contributed by atoms with Gasteiger partial charge in [-0.25, -0.2) is 0 Å². The summed E-state index contributed by atoms with van der Waals surface area (Å²) < 4.78 is 2.62. The average molecular weight is 305 g/mol. The van der Waals surface area contributed by atoms with Crippen molar-refractivity contribution in [1.29, 1.82) is 0 Å². The van der Waals surface area contributed by atoms with E-state index in [-0.39, 0.29) is 6.04 Å². The maximum Gasteiger partial charge on any atom is 0.245 e. The molecule has 0 amide bonds. The first kappa shape index (κ1) is 12.3. The smallest absolute Gasteiger partial charge is 0.245 e. The van der Waals surface area contributed by atoms with Crippen LogP contribution in [0.2, 0.25) is 0 Å². The van der Waals surface area contributed by atoms with Crippen LogP contribution in [0.4, 0.5) is 5.95 Å². The van der Waals surface area contributed by atoms with Gasteiger partial charge in [-0.3, -0.25) is 5.10 Å². The van der Waals surface area contributed by atoms with Gasteiger partial charge in [0.05, 0.1) is 4.88 Å². The minimum atomic E-state index is 0.234. The van der Waals surface area contributed by atoms with E-state index in [0.29, 0.717) is 0 Å². The maximum absolute atomic E-state index is 6.01. The van der Waals surface area contributed by atoms with E-state index in [4.69, 9.17) is 5.73 Å². The van der Waals surface area contributed by atoms with Crippen LogP contribution >= 0.6 is 22.7 Å². The van der Waals surface area contributed by atoms with Crippen molar-refractivity contribution in [3.8, 4) is 10.7 Å². The molecule has 1 fully saturated rings. The summed E-state index contributed by atoms with van der Waals surface area (Å²) in [6.45, 7) is 1.83. The van der Waals surface area contributed by atoms with Gasteiger partial charge in [-0.15, -0.1) is 27.8 Å². The maximum atomic E-state index is 6.01. The lowest BCUT2D eigenvalue weighted by Crippen LogP contribution is -2.43. The lowest BCUT2D eigenvalue weighted by atomic mass is 10.1. The standard InChI is InChI=1S/C13H15N5S2/c14-8-2-1-4-18(7-8)13-15-12(16-17-13)11-6-10-9(20-11)3-5-19-10/h3,5-6,8H,1-2,4,7,14H2,(H,15,16,17). The Bertz CT molecular complexity index is 699. The Morgan fingerprint density at radius 3 is 3.20 bits per heavy atom. The van der Waals surface area contributed by atoms with Crippen molar-refractivity contribution < 1.29 is 0 Å². The molecule has 0 aromatic carbocycles. The van der Waals surface area contributed by atoms with Crippen molar-refractivity contribution in [2.24, 2.45) is 5.73 Å². The van der Waals surface area contributed by atoms with Crippen molar-refractivity contribution in [1.82, 2.24) is 15.2 Å². The van der Waals surface area contributed by atoms with Crippen LogP contribution in [0.5, 0.6) is 0 Å². The number of piperidine rings is 1. The summed E-state index contributed by atoms with van der Waals surface area (Å²) in [6.07, 6.45) is 2.20. The highest BCUT2D eigenvalue weighted by Crippen LogP contribution is 2.35. The fraction of sp³-hybridized carbons (Fsp3) is 0.385. The van der Waals surface area contributed by atoms with Crippen LogP contribution in [0.25, 0.3) is 20.1 Å². The van der Waals surface area contributed by atoms with E-state index in [2.05, 4.69) is 37.6 Å². The molecule has 0 radical (unpaired) electrons. The lowest BCUT2D eigenvalue weighted by molar-refractivity contribution is 0.500. The van der Waals surface area contributed by atoms with Crippen molar-refractivity contribution in [2.75, 3.05) is 18.0 Å². The molecule has 20 heavy (non-hydrogen) atoms. The Hall–Kier alpha value is -1.44. The first-order valence-corrected chi connectivity index (χ1v) is 8.39. The Kier molecular flexibility index (Phi) is 2.98. The van der Waals surface area contributed by atoms with Crippen molar-refractivity contribution in [3.05, 3.63) is 17.5 Å². The zero-order valence-corrected chi connectivity index (χ0v) is 12.5. The molecule has 104 valence electrons. The zero-order chi connectivity index (χ0) is 13.5. The highest BCUT2D eigenvalue weighted by Gasteiger charge is 2.20. The van der Waals surface area contributed by atoms with Crippen LogP contribution in [0, 0.1) is 0 Å². The SMILES string of the molecule is NC1CCCN(c2n[nH]c(-c3cc4sccc4s3)n2)C1. The predicted octanol–water partition coefficient (Wildman–Crippen LogP) is 2.68. The number of nitrogens with two attached hydrogens (primary N) is 1. The van der Waals surface area contributed by atoms with Gasteiger partial charge in [-0.1, -0.05) is 0 Å². The summed E-state index contributed by atoms with van der Waals surface area (Å²) in [7, 11) is 0. The van der Waals surface area contributed by atoms with Crippen molar-refractivity contribution >= 4 is 38.0 Å². The highest BCUT2D eigenvalue weighted by atomic mass is 32.1. The second kappa shape index (κ2) is 4.83. The first-order chi connectivity index (χ1) is 9.79. The quantitative estimate of drug-likeness (QED) is 0.763. The normalized spacial score (nSPS) is 19.9. The number of aromatic nitrogens is 3. The summed E-state index contributed by atoms with van der Waals surface area (Å²) >= 11 is 3.51. The molecular formula is C13H15N5S2. The third-order valence-electron chi connectivity index (χ3n) is 3.59. The van der Waals surface area contributed by atoms with Gasteiger partial charge in [0, 0.05) is 28.5 Å². The molecule has 0 spiro atoms. The molecule has 3 aromatic heterocycles. The molecule has 7 heteroatoms. The molecule has 5 nitrogen and oxygen atoms in total. The summed E-state index contributed by atoms with van der Waals surface area (Å²) in [4.78, 5) is 7.95. The van der Waals surface area contributed by atoms with Crippen LogP contribution in [0.15, 0.2) is 17.5 Å². The molecule has 1 aliphatic rings. The van der Waals surface area contributed by atoms with Crippen molar-refractivity contribution in [2.45, 2.75) is 18.9 Å². The van der Waals surface area contributed by atoms with Gasteiger partial charge in [0.2, 0.25) is 5.95 Å². The Morgan fingerprint density at radius 1 is 1.40 bits per heavy atom. The largest absolute Gasteiger partial charge is 0.338 e. The number of aromatic amines is 1. The summed E-state index contributed by atoms with van der Waals surface area (Å²) in [5.74, 6) is 1.62. The van der Waals surface area contributed by atoms with Crippen LogP contribution in [-0.2, 0) is 0 Å². The number of H-pyrrole nitrogens is 1. The van der Waals surface area contributed by atoms with Gasteiger partial charge < -0.3 is 10.6 Å². The van der Waals surface area contributed by atoms with E-state index in [0.717, 1.165) is 42.6 Å². The van der Waals surface area contributed by atoms with Gasteiger partial charge in [-0.2, -0.15) is 4.98 Å². The summed E-state index contributed by atoms with van der Waals surface area (Å²) in [6, 6.07) is 4.56. The molecule has 1 aliphatic heterocycles. The van der Waals surface area contributed by atoms with Gasteiger partial charge >= 0.3 is 0 Å². The van der Waals surface area contributed by atoms with E-state index in [1.165, 1.54) is 9.40 Å². The molecule has 1 unspecified atom stereocenters. The summed E-state index contributed by atoms with van der Waals surface area (Å²) in [5, 5.41) is 9.52. The van der Waals surface area contributed by atoms with E-state index < -0.39 is 0 Å². The Morgan fingerprint density at radius 2 is 2.35 bits per heavy atom. The third-order valence-corrected chi connectivity index (χ3v) is 5.69. The minimum absolute atomic E-state index is 0.234.